The third-order valence-electron chi connectivity index (χ3n) is 3.54. The van der Waals surface area contributed by atoms with Crippen LogP contribution in [0.4, 0.5) is 11.4 Å². The molecule has 0 radical (unpaired) electrons. The molecular formula is C13H17N3. The number of nitrogen functional groups attached to an aromatic ring is 1. The molecule has 1 aliphatic carbocycles. The van der Waals surface area contributed by atoms with Crippen LogP contribution in [-0.4, -0.2) is 6.54 Å². The van der Waals surface area contributed by atoms with Crippen molar-refractivity contribution in [3.8, 4) is 6.07 Å². The lowest BCUT2D eigenvalue weighted by Crippen LogP contribution is -2.15. The van der Waals surface area contributed by atoms with E-state index >= 15 is 0 Å². The highest BCUT2D eigenvalue weighted by molar-refractivity contribution is 5.68. The van der Waals surface area contributed by atoms with Gasteiger partial charge in [-0.05, 0) is 42.9 Å². The van der Waals surface area contributed by atoms with Crippen molar-refractivity contribution >= 4 is 11.4 Å². The third kappa shape index (κ3) is 2.11. The van der Waals surface area contributed by atoms with Gasteiger partial charge in [-0.15, -0.1) is 0 Å². The SMILES string of the molecule is CCC1(CNc2cc(C#N)ccc2N)CC1. The second kappa shape index (κ2) is 4.05. The van der Waals surface area contributed by atoms with Gasteiger partial charge in [-0.25, -0.2) is 0 Å². The summed E-state index contributed by atoms with van der Waals surface area (Å²) in [6.07, 6.45) is 3.81. The second-order valence-electron chi connectivity index (χ2n) is 4.62. The van der Waals surface area contributed by atoms with Crippen molar-refractivity contribution in [1.29, 1.82) is 5.26 Å². The van der Waals surface area contributed by atoms with Crippen molar-refractivity contribution in [3.63, 3.8) is 0 Å². The number of nitrogens with two attached hydrogens (primary N) is 1. The fourth-order valence-electron chi connectivity index (χ4n) is 1.89. The molecule has 0 heterocycles. The van der Waals surface area contributed by atoms with Gasteiger partial charge in [-0.2, -0.15) is 5.26 Å². The molecule has 1 aromatic carbocycles. The van der Waals surface area contributed by atoms with Crippen molar-refractivity contribution in [1.82, 2.24) is 0 Å². The van der Waals surface area contributed by atoms with E-state index in [1.165, 1.54) is 19.3 Å². The maximum Gasteiger partial charge on any atom is 0.0992 e. The van der Waals surface area contributed by atoms with Gasteiger partial charge in [0.05, 0.1) is 23.0 Å². The zero-order chi connectivity index (χ0) is 11.6. The molecule has 0 aromatic heterocycles. The van der Waals surface area contributed by atoms with Gasteiger partial charge in [0.25, 0.3) is 0 Å². The van der Waals surface area contributed by atoms with Crippen molar-refractivity contribution in [2.75, 3.05) is 17.6 Å². The van der Waals surface area contributed by atoms with E-state index in [0.29, 0.717) is 16.7 Å². The number of hydrogen-bond acceptors (Lipinski definition) is 3. The molecule has 3 heteroatoms. The van der Waals surface area contributed by atoms with E-state index in [1.54, 1.807) is 12.1 Å². The Morgan fingerprint density at radius 3 is 2.81 bits per heavy atom. The lowest BCUT2D eigenvalue weighted by Gasteiger charge is -2.15. The summed E-state index contributed by atoms with van der Waals surface area (Å²) in [7, 11) is 0. The summed E-state index contributed by atoms with van der Waals surface area (Å²) in [5.41, 5.74) is 8.60. The first kappa shape index (κ1) is 10.8. The van der Waals surface area contributed by atoms with Gasteiger partial charge in [0, 0.05) is 6.54 Å². The Hall–Kier alpha value is -1.69. The Kier molecular flexibility index (Phi) is 2.74. The molecule has 3 nitrogen and oxygen atoms in total. The van der Waals surface area contributed by atoms with Gasteiger partial charge in [-0.3, -0.25) is 0 Å². The number of hydrogen-bond donors (Lipinski definition) is 2. The van der Waals surface area contributed by atoms with Crippen LogP contribution in [0.1, 0.15) is 31.7 Å². The van der Waals surface area contributed by atoms with Crippen LogP contribution in [0.2, 0.25) is 0 Å². The van der Waals surface area contributed by atoms with Crippen molar-refractivity contribution < 1.29 is 0 Å². The predicted octanol–water partition coefficient (Wildman–Crippen LogP) is 2.74. The van der Waals surface area contributed by atoms with Crippen LogP contribution in [0.15, 0.2) is 18.2 Å². The number of benzene rings is 1. The first-order chi connectivity index (χ1) is 7.69. The second-order valence-corrected chi connectivity index (χ2v) is 4.62. The molecule has 3 N–H and O–H groups in total. The summed E-state index contributed by atoms with van der Waals surface area (Å²) in [5.74, 6) is 0. The summed E-state index contributed by atoms with van der Waals surface area (Å²) in [4.78, 5) is 0. The molecular weight excluding hydrogens is 198 g/mol. The first-order valence-corrected chi connectivity index (χ1v) is 5.73. The van der Waals surface area contributed by atoms with Crippen LogP contribution < -0.4 is 11.1 Å². The molecule has 1 saturated carbocycles. The molecule has 0 aliphatic heterocycles. The van der Waals surface area contributed by atoms with E-state index in [1.807, 2.05) is 6.07 Å². The standard InChI is InChI=1S/C13H17N3/c1-2-13(5-6-13)9-16-12-7-10(8-14)3-4-11(12)15/h3-4,7,16H,2,5-6,9,15H2,1H3. The topological polar surface area (TPSA) is 61.8 Å². The fraction of sp³-hybridized carbons (Fsp3) is 0.462. The Labute approximate surface area is 96.3 Å². The fourth-order valence-corrected chi connectivity index (χ4v) is 1.89. The van der Waals surface area contributed by atoms with E-state index in [9.17, 15) is 0 Å². The van der Waals surface area contributed by atoms with Crippen molar-refractivity contribution in [2.45, 2.75) is 26.2 Å². The number of nitrogens with one attached hydrogen (secondary N) is 1. The molecule has 16 heavy (non-hydrogen) atoms. The van der Waals surface area contributed by atoms with Crippen LogP contribution in [-0.2, 0) is 0 Å². The molecule has 84 valence electrons. The molecule has 0 bridgehead atoms. The van der Waals surface area contributed by atoms with E-state index in [-0.39, 0.29) is 0 Å². The number of nitrogens with zero attached hydrogens (tertiary/aromatic N) is 1. The molecule has 0 atom stereocenters. The molecule has 2 rings (SSSR count). The van der Waals surface area contributed by atoms with Crippen LogP contribution in [0.25, 0.3) is 0 Å². The minimum absolute atomic E-state index is 0.481. The van der Waals surface area contributed by atoms with Gasteiger partial charge in [0.1, 0.15) is 0 Å². The van der Waals surface area contributed by atoms with Crippen LogP contribution in [0.5, 0.6) is 0 Å². The zero-order valence-corrected chi connectivity index (χ0v) is 9.59. The predicted molar refractivity (Wildman–Crippen MR) is 66.0 cm³/mol. The van der Waals surface area contributed by atoms with Gasteiger partial charge in [-0.1, -0.05) is 6.92 Å². The summed E-state index contributed by atoms with van der Waals surface area (Å²) in [5, 5.41) is 12.2. The van der Waals surface area contributed by atoms with Crippen molar-refractivity contribution in [2.24, 2.45) is 5.41 Å². The molecule has 0 amide bonds. The number of anilines is 2. The first-order valence-electron chi connectivity index (χ1n) is 5.73. The maximum atomic E-state index is 8.82. The number of rotatable bonds is 4. The molecule has 1 aliphatic rings. The summed E-state index contributed by atoms with van der Waals surface area (Å²) >= 11 is 0. The highest BCUT2D eigenvalue weighted by Crippen LogP contribution is 2.48. The quantitative estimate of drug-likeness (QED) is 0.759. The average Bonchev–Trinajstić information content (AvgIpc) is 3.09. The van der Waals surface area contributed by atoms with Gasteiger partial charge in [0.2, 0.25) is 0 Å². The van der Waals surface area contributed by atoms with E-state index in [0.717, 1.165) is 12.2 Å². The highest BCUT2D eigenvalue weighted by atomic mass is 14.9. The third-order valence-corrected chi connectivity index (χ3v) is 3.54. The minimum Gasteiger partial charge on any atom is -0.397 e. The lowest BCUT2D eigenvalue weighted by atomic mass is 10.0. The summed E-state index contributed by atoms with van der Waals surface area (Å²) in [6.45, 7) is 3.19. The summed E-state index contributed by atoms with van der Waals surface area (Å²) in [6, 6.07) is 7.47. The lowest BCUT2D eigenvalue weighted by molar-refractivity contribution is 0.521. The molecule has 1 aromatic rings. The average molecular weight is 215 g/mol. The Morgan fingerprint density at radius 1 is 1.50 bits per heavy atom. The molecule has 1 fully saturated rings. The van der Waals surface area contributed by atoms with E-state index in [2.05, 4.69) is 18.3 Å². The van der Waals surface area contributed by atoms with E-state index < -0.39 is 0 Å². The Bertz CT molecular complexity index is 427. The summed E-state index contributed by atoms with van der Waals surface area (Å²) < 4.78 is 0. The minimum atomic E-state index is 0.481. The molecule has 0 saturated heterocycles. The normalized spacial score (nSPS) is 16.5. The van der Waals surface area contributed by atoms with Crippen LogP contribution in [0.3, 0.4) is 0 Å². The molecule has 0 unspecified atom stereocenters. The van der Waals surface area contributed by atoms with Gasteiger partial charge in [0.15, 0.2) is 0 Å². The number of nitriles is 1. The largest absolute Gasteiger partial charge is 0.397 e. The Morgan fingerprint density at radius 2 is 2.25 bits per heavy atom. The van der Waals surface area contributed by atoms with E-state index in [4.69, 9.17) is 11.0 Å². The molecule has 0 spiro atoms. The van der Waals surface area contributed by atoms with Crippen LogP contribution in [0, 0.1) is 16.7 Å². The van der Waals surface area contributed by atoms with Crippen LogP contribution >= 0.6 is 0 Å². The van der Waals surface area contributed by atoms with Gasteiger partial charge >= 0.3 is 0 Å². The maximum absolute atomic E-state index is 8.82. The Balaban J connectivity index is 2.06. The zero-order valence-electron chi connectivity index (χ0n) is 9.59. The van der Waals surface area contributed by atoms with Gasteiger partial charge < -0.3 is 11.1 Å². The van der Waals surface area contributed by atoms with Crippen molar-refractivity contribution in [3.05, 3.63) is 23.8 Å². The smallest absolute Gasteiger partial charge is 0.0992 e. The highest BCUT2D eigenvalue weighted by Gasteiger charge is 2.40. The monoisotopic (exact) mass is 215 g/mol.